The lowest BCUT2D eigenvalue weighted by Crippen LogP contribution is -2.41. The number of hydrogen-bond acceptors (Lipinski definition) is 6. The normalized spacial score (nSPS) is 10.5. The van der Waals surface area contributed by atoms with E-state index in [-0.39, 0.29) is 11.3 Å². The Kier molecular flexibility index (Phi) is 4.92. The van der Waals surface area contributed by atoms with Crippen LogP contribution in [0.2, 0.25) is 0 Å². The standard InChI is InChI=1S/C21H14N4O5/c26-20(13-7-9-14(10-8-13)25(28)29)23-24-21(27)16-12-18(19-6-3-11-30-19)22-17-5-2-1-4-15(16)17/h1-12H,(H,23,26)(H,24,27). The minimum atomic E-state index is -0.608. The lowest BCUT2D eigenvalue weighted by Gasteiger charge is -2.10. The first-order valence-corrected chi connectivity index (χ1v) is 8.82. The van der Waals surface area contributed by atoms with Crippen molar-refractivity contribution in [1.29, 1.82) is 0 Å². The maximum Gasteiger partial charge on any atom is 0.270 e. The van der Waals surface area contributed by atoms with Gasteiger partial charge < -0.3 is 4.42 Å². The number of benzene rings is 2. The first kappa shape index (κ1) is 18.8. The van der Waals surface area contributed by atoms with E-state index in [2.05, 4.69) is 15.8 Å². The summed E-state index contributed by atoms with van der Waals surface area (Å²) in [5.74, 6) is -0.649. The molecular formula is C21H14N4O5. The van der Waals surface area contributed by atoms with E-state index in [1.54, 1.807) is 42.5 Å². The van der Waals surface area contributed by atoms with Crippen LogP contribution in [0.4, 0.5) is 5.69 Å². The highest BCUT2D eigenvalue weighted by molar-refractivity contribution is 6.08. The summed E-state index contributed by atoms with van der Waals surface area (Å²) in [5.41, 5.74) is 6.08. The molecule has 0 fully saturated rings. The number of hydrazine groups is 1. The molecule has 2 aromatic carbocycles. The van der Waals surface area contributed by atoms with Gasteiger partial charge in [-0.05, 0) is 36.4 Å². The Balaban J connectivity index is 1.57. The van der Waals surface area contributed by atoms with Crippen molar-refractivity contribution in [2.75, 3.05) is 0 Å². The highest BCUT2D eigenvalue weighted by atomic mass is 16.6. The molecule has 0 saturated carbocycles. The number of nitrogens with zero attached hydrogens (tertiary/aromatic N) is 2. The van der Waals surface area contributed by atoms with Crippen molar-refractivity contribution in [3.05, 3.63) is 94.2 Å². The molecule has 2 aromatic heterocycles. The number of hydrogen-bond donors (Lipinski definition) is 2. The Hall–Kier alpha value is -4.53. The van der Waals surface area contributed by atoms with Gasteiger partial charge in [0.25, 0.3) is 17.5 Å². The molecule has 0 spiro atoms. The van der Waals surface area contributed by atoms with Crippen LogP contribution in [0.15, 0.2) is 77.4 Å². The summed E-state index contributed by atoms with van der Waals surface area (Å²) in [7, 11) is 0. The fourth-order valence-electron chi connectivity index (χ4n) is 2.90. The van der Waals surface area contributed by atoms with Gasteiger partial charge in [-0.2, -0.15) is 0 Å². The highest BCUT2D eigenvalue weighted by Crippen LogP contribution is 2.25. The van der Waals surface area contributed by atoms with E-state index in [1.807, 2.05) is 0 Å². The van der Waals surface area contributed by atoms with Crippen LogP contribution in [-0.2, 0) is 0 Å². The Morgan fingerprint density at radius 3 is 2.37 bits per heavy atom. The summed E-state index contributed by atoms with van der Waals surface area (Å²) >= 11 is 0. The molecule has 9 heteroatoms. The number of nitro benzene ring substituents is 1. The number of aromatic nitrogens is 1. The Labute approximate surface area is 169 Å². The molecule has 0 aliphatic carbocycles. The van der Waals surface area contributed by atoms with Crippen LogP contribution >= 0.6 is 0 Å². The number of nitrogens with one attached hydrogen (secondary N) is 2. The third-order valence-electron chi connectivity index (χ3n) is 4.36. The number of furan rings is 1. The van der Waals surface area contributed by atoms with Crippen molar-refractivity contribution in [3.63, 3.8) is 0 Å². The molecule has 2 heterocycles. The molecule has 4 aromatic rings. The number of fused-ring (bicyclic) bond motifs is 1. The largest absolute Gasteiger partial charge is 0.463 e. The average Bonchev–Trinajstić information content (AvgIpc) is 3.31. The molecule has 0 aliphatic heterocycles. The van der Waals surface area contributed by atoms with Crippen LogP contribution in [0.25, 0.3) is 22.4 Å². The fraction of sp³-hybridized carbons (Fsp3) is 0. The third kappa shape index (κ3) is 3.72. The van der Waals surface area contributed by atoms with Crippen molar-refractivity contribution in [3.8, 4) is 11.5 Å². The SMILES string of the molecule is O=C(NNC(=O)c1cc(-c2ccco2)nc2ccccc12)c1ccc([N+](=O)[O-])cc1. The minimum absolute atomic E-state index is 0.135. The highest BCUT2D eigenvalue weighted by Gasteiger charge is 2.16. The molecule has 30 heavy (non-hydrogen) atoms. The second-order valence-electron chi connectivity index (χ2n) is 6.26. The number of amides is 2. The monoisotopic (exact) mass is 402 g/mol. The summed E-state index contributed by atoms with van der Waals surface area (Å²) in [6, 6.07) is 17.2. The molecule has 148 valence electrons. The zero-order valence-electron chi connectivity index (χ0n) is 15.4. The molecule has 0 radical (unpaired) electrons. The molecule has 4 rings (SSSR count). The second kappa shape index (κ2) is 7.84. The van der Waals surface area contributed by atoms with Crippen LogP contribution in [0.5, 0.6) is 0 Å². The lowest BCUT2D eigenvalue weighted by atomic mass is 10.1. The van der Waals surface area contributed by atoms with Gasteiger partial charge in [0, 0.05) is 23.1 Å². The number of rotatable bonds is 4. The lowest BCUT2D eigenvalue weighted by molar-refractivity contribution is -0.384. The Morgan fingerprint density at radius 2 is 1.67 bits per heavy atom. The Bertz CT molecular complexity index is 1250. The number of carbonyl (C=O) groups is 2. The van der Waals surface area contributed by atoms with E-state index in [0.717, 1.165) is 0 Å². The molecule has 2 amide bonds. The van der Waals surface area contributed by atoms with Gasteiger partial charge in [0.1, 0.15) is 5.69 Å². The summed E-state index contributed by atoms with van der Waals surface area (Å²) in [5, 5.41) is 11.3. The zero-order chi connectivity index (χ0) is 21.1. The second-order valence-corrected chi connectivity index (χ2v) is 6.26. The van der Waals surface area contributed by atoms with Crippen LogP contribution in [-0.4, -0.2) is 21.7 Å². The number of carbonyl (C=O) groups excluding carboxylic acids is 2. The smallest absolute Gasteiger partial charge is 0.270 e. The van der Waals surface area contributed by atoms with Gasteiger partial charge in [0.05, 0.1) is 22.3 Å². The van der Waals surface area contributed by atoms with Gasteiger partial charge >= 0.3 is 0 Å². The number of nitro groups is 1. The molecule has 9 nitrogen and oxygen atoms in total. The fourth-order valence-corrected chi connectivity index (χ4v) is 2.90. The molecule has 0 atom stereocenters. The van der Waals surface area contributed by atoms with Crippen molar-refractivity contribution < 1.29 is 18.9 Å². The van der Waals surface area contributed by atoms with Crippen LogP contribution in [0.1, 0.15) is 20.7 Å². The maximum absolute atomic E-state index is 12.8. The van der Waals surface area contributed by atoms with Gasteiger partial charge in [-0.1, -0.05) is 18.2 Å². The third-order valence-corrected chi connectivity index (χ3v) is 4.36. The van der Waals surface area contributed by atoms with Gasteiger partial charge in [-0.25, -0.2) is 4.98 Å². The van der Waals surface area contributed by atoms with E-state index >= 15 is 0 Å². The van der Waals surface area contributed by atoms with E-state index in [4.69, 9.17) is 4.42 Å². The molecule has 0 saturated heterocycles. The summed E-state index contributed by atoms with van der Waals surface area (Å²) in [6.45, 7) is 0. The van der Waals surface area contributed by atoms with Crippen molar-refractivity contribution in [2.45, 2.75) is 0 Å². The van der Waals surface area contributed by atoms with Gasteiger partial charge in [-0.15, -0.1) is 0 Å². The molecular weight excluding hydrogens is 388 g/mol. The van der Waals surface area contributed by atoms with Crippen LogP contribution in [0.3, 0.4) is 0 Å². The molecule has 0 aliphatic rings. The van der Waals surface area contributed by atoms with Crippen LogP contribution in [0, 0.1) is 10.1 Å². The minimum Gasteiger partial charge on any atom is -0.463 e. The summed E-state index contributed by atoms with van der Waals surface area (Å²) < 4.78 is 5.37. The molecule has 0 unspecified atom stereocenters. The Morgan fingerprint density at radius 1 is 0.933 bits per heavy atom. The number of non-ortho nitro benzene ring substituents is 1. The van der Waals surface area contributed by atoms with E-state index in [1.165, 1.54) is 30.5 Å². The quantitative estimate of drug-likeness (QED) is 0.397. The topological polar surface area (TPSA) is 127 Å². The van der Waals surface area contributed by atoms with E-state index in [0.29, 0.717) is 27.9 Å². The average molecular weight is 402 g/mol. The molecule has 2 N–H and O–H groups in total. The van der Waals surface area contributed by atoms with Gasteiger partial charge in [0.2, 0.25) is 0 Å². The van der Waals surface area contributed by atoms with Crippen molar-refractivity contribution in [2.24, 2.45) is 0 Å². The molecule has 0 bridgehead atoms. The number of para-hydroxylation sites is 1. The summed E-state index contributed by atoms with van der Waals surface area (Å²) in [4.78, 5) is 39.7. The maximum atomic E-state index is 12.8. The van der Waals surface area contributed by atoms with Crippen LogP contribution < -0.4 is 10.9 Å². The summed E-state index contributed by atoms with van der Waals surface area (Å²) in [6.07, 6.45) is 1.51. The van der Waals surface area contributed by atoms with Crippen molar-refractivity contribution in [1.82, 2.24) is 15.8 Å². The van der Waals surface area contributed by atoms with Gasteiger partial charge in [-0.3, -0.25) is 30.6 Å². The predicted molar refractivity (Wildman–Crippen MR) is 107 cm³/mol. The van der Waals surface area contributed by atoms with E-state index in [9.17, 15) is 19.7 Å². The van der Waals surface area contributed by atoms with Crippen molar-refractivity contribution >= 4 is 28.4 Å². The predicted octanol–water partition coefficient (Wildman–Crippen LogP) is 3.48. The first-order valence-electron chi connectivity index (χ1n) is 8.82. The van der Waals surface area contributed by atoms with Gasteiger partial charge in [0.15, 0.2) is 5.76 Å². The van der Waals surface area contributed by atoms with E-state index < -0.39 is 16.7 Å². The first-order chi connectivity index (χ1) is 14.5. The number of pyridine rings is 1. The zero-order valence-corrected chi connectivity index (χ0v) is 15.4.